The van der Waals surface area contributed by atoms with Crippen LogP contribution in [0.2, 0.25) is 5.02 Å². The fraction of sp³-hybridized carbons (Fsp3) is 0.182. The molecule has 1 aromatic rings. The number of azide groups is 1. The molecule has 0 unspecified atom stereocenters. The van der Waals surface area contributed by atoms with Gasteiger partial charge in [0.05, 0.1) is 6.61 Å². The van der Waals surface area contributed by atoms with Crippen molar-refractivity contribution in [3.05, 3.63) is 49.4 Å². The van der Waals surface area contributed by atoms with Crippen molar-refractivity contribution in [2.75, 3.05) is 6.61 Å². The first-order chi connectivity index (χ1) is 8.58. The number of benzene rings is 1. The van der Waals surface area contributed by atoms with Crippen LogP contribution in [0.15, 0.2) is 33.5 Å². The minimum Gasteiger partial charge on any atom is -0.462 e. The maximum Gasteiger partial charge on any atom is 0.340 e. The fourth-order valence-electron chi connectivity index (χ4n) is 1.15. The molecule has 0 spiro atoms. The number of nitrogens with zero attached hydrogens (tertiary/aromatic N) is 3. The number of rotatable bonds is 4. The molecule has 0 aromatic heterocycles. The highest BCUT2D eigenvalue weighted by Gasteiger charge is 2.09. The summed E-state index contributed by atoms with van der Waals surface area (Å²) in [5.41, 5.74) is 8.93. The van der Waals surface area contributed by atoms with E-state index in [1.165, 1.54) is 6.08 Å². The third-order valence-electron chi connectivity index (χ3n) is 1.89. The van der Waals surface area contributed by atoms with Crippen molar-refractivity contribution in [3.8, 4) is 0 Å². The van der Waals surface area contributed by atoms with Gasteiger partial charge in [0.15, 0.2) is 0 Å². The van der Waals surface area contributed by atoms with Crippen LogP contribution in [0.25, 0.3) is 16.5 Å². The summed E-state index contributed by atoms with van der Waals surface area (Å²) in [5.74, 6) is -0.679. The number of ether oxygens (including phenoxy) is 1. The zero-order chi connectivity index (χ0) is 13.5. The van der Waals surface area contributed by atoms with E-state index in [4.69, 9.17) is 21.9 Å². The molecule has 94 valence electrons. The van der Waals surface area contributed by atoms with Gasteiger partial charge in [0.2, 0.25) is 0 Å². The van der Waals surface area contributed by atoms with Crippen LogP contribution < -0.4 is 0 Å². The Morgan fingerprint density at radius 2 is 2.39 bits per heavy atom. The third-order valence-corrected chi connectivity index (χ3v) is 2.84. The first kappa shape index (κ1) is 14.6. The lowest BCUT2D eigenvalue weighted by molar-refractivity contribution is -0.138. The van der Waals surface area contributed by atoms with Crippen molar-refractivity contribution in [3.63, 3.8) is 0 Å². The number of hydrogen-bond donors (Lipinski definition) is 0. The average Bonchev–Trinajstić information content (AvgIpc) is 2.33. The molecule has 0 amide bonds. The maximum atomic E-state index is 11.5. The molecule has 0 aliphatic rings. The minimum atomic E-state index is -0.679. The highest BCUT2D eigenvalue weighted by Crippen LogP contribution is 2.24. The molecule has 7 heteroatoms. The Morgan fingerprint density at radius 1 is 1.67 bits per heavy atom. The Labute approximate surface area is 117 Å². The van der Waals surface area contributed by atoms with Crippen molar-refractivity contribution in [1.82, 2.24) is 0 Å². The smallest absolute Gasteiger partial charge is 0.340 e. The Kier molecular flexibility index (Phi) is 5.71. The van der Waals surface area contributed by atoms with Crippen LogP contribution >= 0.6 is 27.5 Å². The molecule has 0 fully saturated rings. The molecule has 1 aromatic carbocycles. The predicted octanol–water partition coefficient (Wildman–Crippen LogP) is 4.32. The van der Waals surface area contributed by atoms with E-state index in [1.807, 2.05) is 0 Å². The molecule has 0 aliphatic carbocycles. The Morgan fingerprint density at radius 3 is 3.00 bits per heavy atom. The lowest BCUT2D eigenvalue weighted by Crippen LogP contribution is -2.05. The quantitative estimate of drug-likeness (QED) is 0.271. The lowest BCUT2D eigenvalue weighted by Gasteiger charge is -2.03. The van der Waals surface area contributed by atoms with E-state index >= 15 is 0 Å². The number of carbonyl (C=O) groups is 1. The van der Waals surface area contributed by atoms with Crippen molar-refractivity contribution in [2.45, 2.75) is 6.92 Å². The Bertz CT molecular complexity index is 539. The largest absolute Gasteiger partial charge is 0.462 e. The molecule has 0 aliphatic heterocycles. The van der Waals surface area contributed by atoms with E-state index in [1.54, 1.807) is 25.1 Å². The average molecular weight is 331 g/mol. The lowest BCUT2D eigenvalue weighted by atomic mass is 10.2. The van der Waals surface area contributed by atoms with Gasteiger partial charge in [0.1, 0.15) is 5.70 Å². The Hall–Kier alpha value is -1.49. The third kappa shape index (κ3) is 4.07. The summed E-state index contributed by atoms with van der Waals surface area (Å²) in [7, 11) is 0. The molecule has 5 nitrogen and oxygen atoms in total. The van der Waals surface area contributed by atoms with Gasteiger partial charge in [-0.3, -0.25) is 0 Å². The highest BCUT2D eigenvalue weighted by molar-refractivity contribution is 9.10. The fourth-order valence-corrected chi connectivity index (χ4v) is 1.70. The van der Waals surface area contributed by atoms with Crippen molar-refractivity contribution in [1.29, 1.82) is 0 Å². The molecule has 18 heavy (non-hydrogen) atoms. The number of hydrogen-bond acceptors (Lipinski definition) is 3. The van der Waals surface area contributed by atoms with Crippen molar-refractivity contribution >= 4 is 39.6 Å². The molecule has 0 radical (unpaired) electrons. The van der Waals surface area contributed by atoms with E-state index in [-0.39, 0.29) is 12.3 Å². The number of halogens is 2. The number of esters is 1. The van der Waals surface area contributed by atoms with E-state index in [0.717, 1.165) is 4.47 Å². The molecule has 0 saturated carbocycles. The molecule has 0 atom stereocenters. The van der Waals surface area contributed by atoms with Gasteiger partial charge in [-0.1, -0.05) is 32.6 Å². The van der Waals surface area contributed by atoms with Crippen LogP contribution in [0.5, 0.6) is 0 Å². The highest BCUT2D eigenvalue weighted by atomic mass is 79.9. The Balaban J connectivity index is 3.19. The zero-order valence-corrected chi connectivity index (χ0v) is 11.8. The van der Waals surface area contributed by atoms with Gasteiger partial charge in [-0.05, 0) is 42.3 Å². The second-order valence-corrected chi connectivity index (χ2v) is 4.40. The van der Waals surface area contributed by atoms with Gasteiger partial charge in [-0.25, -0.2) is 4.79 Å². The molecule has 1 rings (SSSR count). The molecule has 0 N–H and O–H groups in total. The van der Waals surface area contributed by atoms with E-state index < -0.39 is 5.97 Å². The van der Waals surface area contributed by atoms with Crippen LogP contribution in [-0.4, -0.2) is 12.6 Å². The summed E-state index contributed by atoms with van der Waals surface area (Å²) in [6.45, 7) is 1.87. The van der Waals surface area contributed by atoms with E-state index in [0.29, 0.717) is 10.6 Å². The van der Waals surface area contributed by atoms with Crippen molar-refractivity contribution in [2.24, 2.45) is 5.11 Å². The van der Waals surface area contributed by atoms with Gasteiger partial charge in [-0.2, -0.15) is 0 Å². The molecular weight excluding hydrogens is 321 g/mol. The maximum absolute atomic E-state index is 11.5. The monoisotopic (exact) mass is 329 g/mol. The topological polar surface area (TPSA) is 75.1 Å². The van der Waals surface area contributed by atoms with E-state index in [9.17, 15) is 4.79 Å². The molecule has 0 saturated heterocycles. The van der Waals surface area contributed by atoms with Gasteiger partial charge in [0, 0.05) is 14.4 Å². The van der Waals surface area contributed by atoms with Crippen LogP contribution in [0.4, 0.5) is 0 Å². The summed E-state index contributed by atoms with van der Waals surface area (Å²) in [6, 6.07) is 5.06. The summed E-state index contributed by atoms with van der Waals surface area (Å²) in [5, 5.41) is 3.82. The summed E-state index contributed by atoms with van der Waals surface area (Å²) >= 11 is 9.16. The first-order valence-electron chi connectivity index (χ1n) is 4.97. The molecule has 0 heterocycles. The number of carbonyl (C=O) groups excluding carboxylic acids is 1. The summed E-state index contributed by atoms with van der Waals surface area (Å²) in [6.07, 6.45) is 1.41. The van der Waals surface area contributed by atoms with Crippen molar-refractivity contribution < 1.29 is 9.53 Å². The van der Waals surface area contributed by atoms with E-state index in [2.05, 4.69) is 26.0 Å². The standard InChI is InChI=1S/C11H9BrClN3O2/c1-2-18-11(17)10(15-16-14)6-7-5-8(13)3-4-9(7)12/h3-6H,2H2,1H3/b10-6-. The van der Waals surface area contributed by atoms with Crippen LogP contribution in [0.1, 0.15) is 12.5 Å². The predicted molar refractivity (Wildman–Crippen MR) is 72.9 cm³/mol. The van der Waals surface area contributed by atoms with Gasteiger partial charge in [-0.15, -0.1) is 0 Å². The minimum absolute atomic E-state index is 0.123. The first-order valence-corrected chi connectivity index (χ1v) is 6.14. The zero-order valence-electron chi connectivity index (χ0n) is 9.43. The normalized spacial score (nSPS) is 10.7. The summed E-state index contributed by atoms with van der Waals surface area (Å²) < 4.78 is 5.50. The van der Waals surface area contributed by atoms with Crippen LogP contribution in [0.3, 0.4) is 0 Å². The van der Waals surface area contributed by atoms with Gasteiger partial charge in [0.25, 0.3) is 0 Å². The molecule has 0 bridgehead atoms. The second-order valence-electron chi connectivity index (χ2n) is 3.11. The second kappa shape index (κ2) is 7.06. The molecular formula is C11H9BrClN3O2. The van der Waals surface area contributed by atoms with Gasteiger partial charge < -0.3 is 4.74 Å². The van der Waals surface area contributed by atoms with Crippen LogP contribution in [0, 0.1) is 0 Å². The SMILES string of the molecule is CCOC(=O)/C(=C/c1cc(Cl)ccc1Br)N=[N+]=[N-]. The summed E-state index contributed by atoms with van der Waals surface area (Å²) in [4.78, 5) is 14.1. The van der Waals surface area contributed by atoms with Gasteiger partial charge >= 0.3 is 5.97 Å². The van der Waals surface area contributed by atoms with Crippen LogP contribution in [-0.2, 0) is 9.53 Å².